The van der Waals surface area contributed by atoms with Crippen LogP contribution < -0.4 is 0 Å². The molecule has 1 fully saturated rings. The number of unbranched alkanes of at least 4 members (excludes halogenated alkanes) is 7. The molecule has 6 atom stereocenters. The summed E-state index contributed by atoms with van der Waals surface area (Å²) in [5.74, 6) is -1.78. The maximum Gasteiger partial charge on any atom is 0.472 e. The standard InChI is InChI=1S/C48H80NO11P/c1-6-8-10-11-12-13-14-15-16-17-18-19-20-21-22-23-28-32-47(53)57-39-42(40-59-61(55,56)58-37-36-49(3,4)5)60-48(54)33-29-25-24-27-31-43-44(46(52)38-45(43)51)35-34-41(50)30-26-9-7-2/h8,10,12-13,15-16,18-19,24,27,34-35,41-44,46,50,52H,6-7,9,11,14,17,20-23,25-26,28-33,36-40H2,1-5H3/p+1/b10-8-,13-12-,16-15-,19-18-,27-24-,35-34+/t41-,42+,43+,44+,46+/m0/s1. The van der Waals surface area contributed by atoms with Gasteiger partial charge in [-0.1, -0.05) is 119 Å². The van der Waals surface area contributed by atoms with Gasteiger partial charge in [-0.3, -0.25) is 23.4 Å². The fraction of sp³-hybridized carbons (Fsp3) is 0.688. The van der Waals surface area contributed by atoms with E-state index in [4.69, 9.17) is 18.5 Å². The molecule has 12 nitrogen and oxygen atoms in total. The van der Waals surface area contributed by atoms with Gasteiger partial charge in [0.2, 0.25) is 0 Å². The molecule has 1 aliphatic carbocycles. The first-order chi connectivity index (χ1) is 29.2. The lowest BCUT2D eigenvalue weighted by molar-refractivity contribution is -0.870. The molecule has 0 bridgehead atoms. The monoisotopic (exact) mass is 879 g/mol. The number of allylic oxidation sites excluding steroid dienone is 10. The zero-order valence-corrected chi connectivity index (χ0v) is 39.0. The highest BCUT2D eigenvalue weighted by atomic mass is 31.2. The molecule has 0 radical (unpaired) electrons. The molecule has 1 aliphatic rings. The van der Waals surface area contributed by atoms with E-state index in [1.807, 2.05) is 33.3 Å². The first-order valence-corrected chi connectivity index (χ1v) is 24.3. The zero-order valence-electron chi connectivity index (χ0n) is 38.1. The summed E-state index contributed by atoms with van der Waals surface area (Å²) in [5.41, 5.74) is 0. The average Bonchev–Trinajstić information content (AvgIpc) is 3.47. The summed E-state index contributed by atoms with van der Waals surface area (Å²) in [7, 11) is 1.28. The van der Waals surface area contributed by atoms with E-state index in [1.165, 1.54) is 0 Å². The molecule has 1 saturated carbocycles. The number of ketones is 1. The topological polar surface area (TPSA) is 166 Å². The van der Waals surface area contributed by atoms with Crippen molar-refractivity contribution in [2.24, 2.45) is 11.8 Å². The summed E-state index contributed by atoms with van der Waals surface area (Å²) < 4.78 is 34.2. The minimum atomic E-state index is -4.46. The molecule has 1 unspecified atom stereocenters. The lowest BCUT2D eigenvalue weighted by Crippen LogP contribution is -2.37. The predicted octanol–water partition coefficient (Wildman–Crippen LogP) is 9.61. The van der Waals surface area contributed by atoms with E-state index in [1.54, 1.807) is 12.2 Å². The highest BCUT2D eigenvalue weighted by molar-refractivity contribution is 7.47. The van der Waals surface area contributed by atoms with E-state index in [9.17, 15) is 34.1 Å². The van der Waals surface area contributed by atoms with Crippen LogP contribution in [-0.4, -0.2) is 103 Å². The van der Waals surface area contributed by atoms with Gasteiger partial charge in [-0.05, 0) is 70.6 Å². The Labute approximate surface area is 368 Å². The maximum absolute atomic E-state index is 12.8. The van der Waals surface area contributed by atoms with E-state index in [0.717, 1.165) is 70.6 Å². The number of aliphatic hydroxyl groups excluding tert-OH is 2. The van der Waals surface area contributed by atoms with Crippen LogP contribution in [0.5, 0.6) is 0 Å². The van der Waals surface area contributed by atoms with Gasteiger partial charge in [0.05, 0.1) is 40.0 Å². The third-order valence-electron chi connectivity index (χ3n) is 10.1. The first-order valence-electron chi connectivity index (χ1n) is 22.8. The normalized spacial score (nSPS) is 19.7. The number of hydrogen-bond acceptors (Lipinski definition) is 10. The second-order valence-corrected chi connectivity index (χ2v) is 18.3. The highest BCUT2D eigenvalue weighted by Gasteiger charge is 2.39. The van der Waals surface area contributed by atoms with Crippen molar-refractivity contribution in [3.63, 3.8) is 0 Å². The molecule has 0 aliphatic heterocycles. The summed E-state index contributed by atoms with van der Waals surface area (Å²) in [6, 6.07) is 0. The van der Waals surface area contributed by atoms with Crippen molar-refractivity contribution in [1.29, 1.82) is 0 Å². The van der Waals surface area contributed by atoms with E-state index >= 15 is 0 Å². The van der Waals surface area contributed by atoms with Gasteiger partial charge in [-0.25, -0.2) is 4.57 Å². The third-order valence-corrected chi connectivity index (χ3v) is 11.1. The minimum Gasteiger partial charge on any atom is -0.462 e. The van der Waals surface area contributed by atoms with Crippen LogP contribution in [-0.2, 0) is 37.5 Å². The fourth-order valence-corrected chi connectivity index (χ4v) is 7.20. The van der Waals surface area contributed by atoms with Crippen molar-refractivity contribution in [1.82, 2.24) is 0 Å². The van der Waals surface area contributed by atoms with Gasteiger partial charge in [-0.15, -0.1) is 0 Å². The molecule has 0 aromatic carbocycles. The Bertz CT molecular complexity index is 1430. The maximum atomic E-state index is 12.8. The summed E-state index contributed by atoms with van der Waals surface area (Å²) in [6.07, 6.45) is 36.0. The number of aliphatic hydroxyl groups is 2. The number of carbonyl (C=O) groups is 3. The number of hydrogen-bond donors (Lipinski definition) is 3. The lowest BCUT2D eigenvalue weighted by atomic mass is 9.90. The molecule has 0 heterocycles. The number of ether oxygens (including phenoxy) is 2. The Morgan fingerprint density at radius 3 is 2.08 bits per heavy atom. The summed E-state index contributed by atoms with van der Waals surface area (Å²) in [5, 5.41) is 20.7. The second kappa shape index (κ2) is 34.5. The molecule has 0 aromatic rings. The van der Waals surface area contributed by atoms with E-state index in [-0.39, 0.29) is 50.1 Å². The molecule has 61 heavy (non-hydrogen) atoms. The Hall–Kier alpha value is -2.96. The van der Waals surface area contributed by atoms with Gasteiger partial charge in [0.25, 0.3) is 0 Å². The van der Waals surface area contributed by atoms with Gasteiger partial charge >= 0.3 is 19.8 Å². The van der Waals surface area contributed by atoms with Crippen LogP contribution in [0.25, 0.3) is 0 Å². The Morgan fingerprint density at radius 1 is 0.787 bits per heavy atom. The summed E-state index contributed by atoms with van der Waals surface area (Å²) in [6.45, 7) is 3.84. The second-order valence-electron chi connectivity index (χ2n) is 16.8. The van der Waals surface area contributed by atoms with Gasteiger partial charge in [0, 0.05) is 31.1 Å². The Balaban J connectivity index is 2.52. The first kappa shape index (κ1) is 56.1. The number of quaternary nitrogens is 1. The number of carbonyl (C=O) groups excluding carboxylic acids is 3. The van der Waals surface area contributed by atoms with Gasteiger partial charge in [0.1, 0.15) is 25.5 Å². The van der Waals surface area contributed by atoms with E-state index in [0.29, 0.717) is 43.1 Å². The van der Waals surface area contributed by atoms with Gasteiger partial charge in [-0.2, -0.15) is 0 Å². The molecule has 1 rings (SSSR count). The summed E-state index contributed by atoms with van der Waals surface area (Å²) in [4.78, 5) is 48.2. The lowest BCUT2D eigenvalue weighted by Gasteiger charge is -2.24. The number of Topliss-reactive ketones (excluding diaryl/α,β-unsaturated/α-hetero) is 1. The van der Waals surface area contributed by atoms with E-state index < -0.39 is 44.7 Å². The molecule has 0 aromatic heterocycles. The SMILES string of the molecule is CC/C=C\C/C=C\C/C=C\C/C=C\CCCCCCC(=O)OC[C@H](COP(=O)(O)OCC[N+](C)(C)C)OC(=O)CCC/C=C\C[C@H]1C(=O)C[C@@H](O)[C@@H]1/C=C/[C@@H](O)CCCCC. The van der Waals surface area contributed by atoms with Crippen LogP contribution in [0.3, 0.4) is 0 Å². The van der Waals surface area contributed by atoms with Crippen molar-refractivity contribution in [3.8, 4) is 0 Å². The number of nitrogens with zero attached hydrogens (tertiary/aromatic N) is 1. The number of esters is 2. The quantitative estimate of drug-likeness (QED) is 0.0180. The van der Waals surface area contributed by atoms with Crippen LogP contribution in [0.2, 0.25) is 0 Å². The number of phosphoric ester groups is 1. The van der Waals surface area contributed by atoms with Crippen LogP contribution in [0.1, 0.15) is 136 Å². The van der Waals surface area contributed by atoms with Crippen LogP contribution in [0, 0.1) is 11.8 Å². The molecule has 3 N–H and O–H groups in total. The van der Waals surface area contributed by atoms with Gasteiger partial charge in [0.15, 0.2) is 6.10 Å². The molecule has 0 amide bonds. The van der Waals surface area contributed by atoms with Crippen molar-refractivity contribution in [2.45, 2.75) is 154 Å². The third kappa shape index (κ3) is 31.5. The van der Waals surface area contributed by atoms with E-state index in [2.05, 4.69) is 62.5 Å². The molecule has 0 saturated heterocycles. The summed E-state index contributed by atoms with van der Waals surface area (Å²) >= 11 is 0. The van der Waals surface area contributed by atoms with Crippen LogP contribution in [0.15, 0.2) is 72.9 Å². The average molecular weight is 879 g/mol. The number of phosphoric acid groups is 1. The number of likely N-dealkylation sites (N-methyl/N-ethyl adjacent to an activating group) is 1. The van der Waals surface area contributed by atoms with Crippen molar-refractivity contribution in [3.05, 3.63) is 72.9 Å². The molecular weight excluding hydrogens is 797 g/mol. The number of rotatable bonds is 36. The Kier molecular flexibility index (Phi) is 31.7. The molecular formula is C48H81NO11P+. The predicted molar refractivity (Wildman–Crippen MR) is 243 cm³/mol. The molecule has 348 valence electrons. The van der Waals surface area contributed by atoms with Crippen molar-refractivity contribution < 1.29 is 57.1 Å². The molecule has 0 spiro atoms. The van der Waals surface area contributed by atoms with Crippen LogP contribution in [0.4, 0.5) is 0 Å². The molecule has 13 heteroatoms. The van der Waals surface area contributed by atoms with Crippen molar-refractivity contribution >= 4 is 25.5 Å². The Morgan fingerprint density at radius 2 is 1.41 bits per heavy atom. The van der Waals surface area contributed by atoms with Crippen molar-refractivity contribution in [2.75, 3.05) is 47.5 Å². The van der Waals surface area contributed by atoms with Gasteiger partial charge < -0.3 is 29.1 Å². The highest BCUT2D eigenvalue weighted by Crippen LogP contribution is 2.43. The smallest absolute Gasteiger partial charge is 0.462 e. The zero-order chi connectivity index (χ0) is 45.2. The largest absolute Gasteiger partial charge is 0.472 e. The van der Waals surface area contributed by atoms with Crippen LogP contribution >= 0.6 is 7.82 Å². The fourth-order valence-electron chi connectivity index (χ4n) is 6.45. The minimum absolute atomic E-state index is 0.00973.